The van der Waals surface area contributed by atoms with Gasteiger partial charge in [-0.15, -0.1) is 0 Å². The topological polar surface area (TPSA) is 118 Å². The van der Waals surface area contributed by atoms with E-state index in [1.807, 2.05) is 48.5 Å². The van der Waals surface area contributed by atoms with Crippen LogP contribution in [-0.2, 0) is 16.0 Å². The van der Waals surface area contributed by atoms with Crippen LogP contribution in [-0.4, -0.2) is 33.8 Å². The highest BCUT2D eigenvalue weighted by molar-refractivity contribution is 6.38. The molecule has 1 heterocycles. The average molecular weight is 362 g/mol. The van der Waals surface area contributed by atoms with Crippen LogP contribution in [0.2, 0.25) is 0 Å². The van der Waals surface area contributed by atoms with Gasteiger partial charge in [-0.2, -0.15) is 5.10 Å². The monoisotopic (exact) mass is 362 g/mol. The lowest BCUT2D eigenvalue weighted by Crippen LogP contribution is -2.47. The van der Waals surface area contributed by atoms with E-state index in [9.17, 15) is 14.4 Å². The molecule has 1 unspecified atom stereocenters. The summed E-state index contributed by atoms with van der Waals surface area (Å²) in [5, 5.41) is 9.18. The van der Waals surface area contributed by atoms with Gasteiger partial charge >= 0.3 is 0 Å². The summed E-state index contributed by atoms with van der Waals surface area (Å²) in [5.74, 6) is -2.49. The minimum absolute atomic E-state index is 0.156. The highest BCUT2D eigenvalue weighted by Gasteiger charge is 2.27. The Morgan fingerprint density at radius 1 is 1.00 bits per heavy atom. The molecule has 0 aliphatic heterocycles. The minimum atomic E-state index is -1.09. The van der Waals surface area contributed by atoms with Crippen LogP contribution in [0.15, 0.2) is 66.9 Å². The van der Waals surface area contributed by atoms with Gasteiger partial charge in [0.2, 0.25) is 5.78 Å². The van der Waals surface area contributed by atoms with Crippen molar-refractivity contribution in [2.24, 2.45) is 5.73 Å². The summed E-state index contributed by atoms with van der Waals surface area (Å²) in [4.78, 5) is 36.3. The molecule has 0 aliphatic carbocycles. The summed E-state index contributed by atoms with van der Waals surface area (Å²) in [5.41, 5.74) is 7.55. The van der Waals surface area contributed by atoms with Gasteiger partial charge in [-0.1, -0.05) is 60.7 Å². The molecule has 0 spiro atoms. The molecule has 0 fully saturated rings. The Labute approximate surface area is 155 Å². The first-order valence-corrected chi connectivity index (χ1v) is 8.33. The van der Waals surface area contributed by atoms with Crippen molar-refractivity contribution < 1.29 is 14.4 Å². The second-order valence-electron chi connectivity index (χ2n) is 5.97. The third-order valence-electron chi connectivity index (χ3n) is 4.10. The Morgan fingerprint density at radius 2 is 1.63 bits per heavy atom. The van der Waals surface area contributed by atoms with Crippen LogP contribution in [0.25, 0.3) is 11.1 Å². The predicted octanol–water partition coefficient (Wildman–Crippen LogP) is 1.47. The molecule has 3 aromatic rings. The number of amides is 2. The number of hydrogen-bond acceptors (Lipinski definition) is 4. The van der Waals surface area contributed by atoms with E-state index in [-0.39, 0.29) is 12.1 Å². The van der Waals surface area contributed by atoms with Crippen molar-refractivity contribution >= 4 is 17.6 Å². The van der Waals surface area contributed by atoms with Gasteiger partial charge < -0.3 is 11.1 Å². The van der Waals surface area contributed by atoms with Gasteiger partial charge in [0.05, 0.1) is 6.20 Å². The normalized spacial score (nSPS) is 11.6. The fraction of sp³-hybridized carbons (Fsp3) is 0.100. The van der Waals surface area contributed by atoms with E-state index in [0.717, 1.165) is 11.1 Å². The predicted molar refractivity (Wildman–Crippen MR) is 99.6 cm³/mol. The van der Waals surface area contributed by atoms with Crippen LogP contribution in [0.5, 0.6) is 0 Å². The van der Waals surface area contributed by atoms with E-state index in [4.69, 9.17) is 5.73 Å². The highest BCUT2D eigenvalue weighted by Crippen LogP contribution is 2.21. The first kappa shape index (κ1) is 18.1. The Morgan fingerprint density at radius 3 is 2.26 bits per heavy atom. The van der Waals surface area contributed by atoms with Crippen LogP contribution < -0.4 is 11.1 Å². The zero-order chi connectivity index (χ0) is 19.2. The molecule has 1 atom stereocenters. The zero-order valence-corrected chi connectivity index (χ0v) is 14.4. The van der Waals surface area contributed by atoms with E-state index in [2.05, 4.69) is 15.5 Å². The van der Waals surface area contributed by atoms with E-state index in [1.165, 1.54) is 6.20 Å². The van der Waals surface area contributed by atoms with Crippen molar-refractivity contribution in [3.8, 4) is 11.1 Å². The number of carbonyl (C=O) groups excluding carboxylic acids is 3. The minimum Gasteiger partial charge on any atom is -0.363 e. The molecule has 3 rings (SSSR count). The lowest BCUT2D eigenvalue weighted by Gasteiger charge is -2.16. The number of carbonyl (C=O) groups is 3. The Bertz CT molecular complexity index is 952. The summed E-state index contributed by atoms with van der Waals surface area (Å²) < 4.78 is 0. The molecular formula is C20H18N4O3. The third kappa shape index (κ3) is 4.27. The molecule has 0 aliphatic rings. The quantitative estimate of drug-likeness (QED) is 0.552. The third-order valence-corrected chi connectivity index (χ3v) is 4.10. The number of ketones is 1. The van der Waals surface area contributed by atoms with Gasteiger partial charge in [0, 0.05) is 12.0 Å². The maximum absolute atomic E-state index is 12.7. The molecule has 27 heavy (non-hydrogen) atoms. The molecule has 0 saturated carbocycles. The Balaban J connectivity index is 1.84. The molecule has 4 N–H and O–H groups in total. The van der Waals surface area contributed by atoms with Gasteiger partial charge in [0.1, 0.15) is 11.7 Å². The second-order valence-corrected chi connectivity index (χ2v) is 5.97. The highest BCUT2D eigenvalue weighted by atomic mass is 16.2. The molecule has 0 radical (unpaired) electrons. The zero-order valence-electron chi connectivity index (χ0n) is 14.4. The van der Waals surface area contributed by atoms with E-state index < -0.39 is 23.6 Å². The number of nitrogens with one attached hydrogen (secondary N) is 2. The summed E-state index contributed by atoms with van der Waals surface area (Å²) in [6.07, 6.45) is 1.69. The van der Waals surface area contributed by atoms with Crippen LogP contribution in [0.1, 0.15) is 16.1 Å². The van der Waals surface area contributed by atoms with Crippen molar-refractivity contribution in [2.75, 3.05) is 0 Å². The standard InChI is InChI=1S/C20H18N4O3/c21-19(26)18(25)16(11-13-7-3-1-4-8-13)23-20(27)17-15(12-22-24-17)14-9-5-2-6-10-14/h1-10,12,16H,11H2,(H2,21,26)(H,22,24)(H,23,27). The largest absolute Gasteiger partial charge is 0.363 e. The number of nitrogens with two attached hydrogens (primary N) is 1. The van der Waals surface area contributed by atoms with Gasteiger partial charge in [-0.05, 0) is 11.1 Å². The Hall–Kier alpha value is -3.74. The first-order valence-electron chi connectivity index (χ1n) is 8.33. The molecule has 136 valence electrons. The number of nitrogens with zero attached hydrogens (tertiary/aromatic N) is 1. The molecule has 7 nitrogen and oxygen atoms in total. The molecular weight excluding hydrogens is 344 g/mol. The molecule has 0 saturated heterocycles. The lowest BCUT2D eigenvalue weighted by atomic mass is 10.0. The SMILES string of the molecule is NC(=O)C(=O)C(Cc1ccccc1)NC(=O)c1[nH]ncc1-c1ccccc1. The number of aromatic amines is 1. The number of hydrogen-bond donors (Lipinski definition) is 3. The number of benzene rings is 2. The average Bonchev–Trinajstić information content (AvgIpc) is 3.18. The van der Waals surface area contributed by atoms with Crippen LogP contribution >= 0.6 is 0 Å². The number of H-pyrrole nitrogens is 1. The number of Topliss-reactive ketones (excluding diaryl/α,β-unsaturated/α-hetero) is 1. The van der Waals surface area contributed by atoms with Crippen LogP contribution in [0.4, 0.5) is 0 Å². The fourth-order valence-electron chi connectivity index (χ4n) is 2.76. The molecule has 0 bridgehead atoms. The fourth-order valence-corrected chi connectivity index (χ4v) is 2.76. The van der Waals surface area contributed by atoms with Gasteiger partial charge in [-0.3, -0.25) is 19.5 Å². The van der Waals surface area contributed by atoms with Crippen molar-refractivity contribution in [1.29, 1.82) is 0 Å². The van der Waals surface area contributed by atoms with Crippen molar-refractivity contribution in [2.45, 2.75) is 12.5 Å². The van der Waals surface area contributed by atoms with Crippen LogP contribution in [0, 0.1) is 0 Å². The van der Waals surface area contributed by atoms with E-state index in [0.29, 0.717) is 5.56 Å². The number of aromatic nitrogens is 2. The molecule has 7 heteroatoms. The Kier molecular flexibility index (Phi) is 5.41. The summed E-state index contributed by atoms with van der Waals surface area (Å²) in [7, 11) is 0. The molecule has 1 aromatic heterocycles. The van der Waals surface area contributed by atoms with Gasteiger partial charge in [0.15, 0.2) is 0 Å². The van der Waals surface area contributed by atoms with E-state index in [1.54, 1.807) is 12.1 Å². The smallest absolute Gasteiger partial charge is 0.287 e. The van der Waals surface area contributed by atoms with Crippen molar-refractivity contribution in [3.05, 3.63) is 78.1 Å². The van der Waals surface area contributed by atoms with Gasteiger partial charge in [0.25, 0.3) is 11.8 Å². The van der Waals surface area contributed by atoms with Gasteiger partial charge in [-0.25, -0.2) is 0 Å². The first-order chi connectivity index (χ1) is 13.1. The van der Waals surface area contributed by atoms with Crippen molar-refractivity contribution in [3.63, 3.8) is 0 Å². The van der Waals surface area contributed by atoms with Crippen LogP contribution in [0.3, 0.4) is 0 Å². The number of primary amides is 1. The summed E-state index contributed by atoms with van der Waals surface area (Å²) in [6.45, 7) is 0. The summed E-state index contributed by atoms with van der Waals surface area (Å²) >= 11 is 0. The lowest BCUT2D eigenvalue weighted by molar-refractivity contribution is -0.137. The maximum atomic E-state index is 12.7. The van der Waals surface area contributed by atoms with Crippen molar-refractivity contribution in [1.82, 2.24) is 15.5 Å². The summed E-state index contributed by atoms with van der Waals surface area (Å²) in [6, 6.07) is 17.3. The second kappa shape index (κ2) is 8.09. The molecule has 2 aromatic carbocycles. The molecule has 2 amide bonds. The maximum Gasteiger partial charge on any atom is 0.287 e. The number of rotatable bonds is 7. The van der Waals surface area contributed by atoms with E-state index >= 15 is 0 Å².